The zero-order valence-corrected chi connectivity index (χ0v) is 11.0. The van der Waals surface area contributed by atoms with E-state index in [-0.39, 0.29) is 47.9 Å². The van der Waals surface area contributed by atoms with Gasteiger partial charge in [-0.05, 0) is 24.7 Å². The van der Waals surface area contributed by atoms with Crippen LogP contribution in [0.15, 0.2) is 12.2 Å². The molecule has 0 radical (unpaired) electrons. The van der Waals surface area contributed by atoms with E-state index in [4.69, 9.17) is 0 Å². The number of likely N-dealkylation sites (tertiary alicyclic amines) is 1. The summed E-state index contributed by atoms with van der Waals surface area (Å²) in [6, 6.07) is 0. The molecule has 3 aliphatic rings. The van der Waals surface area contributed by atoms with Crippen molar-refractivity contribution in [2.24, 2.45) is 23.7 Å². The van der Waals surface area contributed by atoms with Crippen molar-refractivity contribution >= 4 is 17.7 Å². The van der Waals surface area contributed by atoms with Crippen molar-refractivity contribution in [3.05, 3.63) is 12.2 Å². The molecule has 0 aromatic rings. The summed E-state index contributed by atoms with van der Waals surface area (Å²) in [6.45, 7) is 2.42. The molecule has 1 heterocycles. The first-order valence-electron chi connectivity index (χ1n) is 6.93. The molecule has 19 heavy (non-hydrogen) atoms. The SMILES string of the molecule is CCCNC(=O)CN1C(=O)[C@@H]2[C@@H](C1=O)[C@H]1C=C[C@H]2C1. The van der Waals surface area contributed by atoms with Gasteiger partial charge in [0, 0.05) is 6.54 Å². The Hall–Kier alpha value is -1.65. The van der Waals surface area contributed by atoms with E-state index in [1.807, 2.05) is 6.92 Å². The van der Waals surface area contributed by atoms with Gasteiger partial charge >= 0.3 is 0 Å². The van der Waals surface area contributed by atoms with E-state index in [2.05, 4.69) is 17.5 Å². The molecule has 5 nitrogen and oxygen atoms in total. The molecule has 1 N–H and O–H groups in total. The molecule has 0 unspecified atom stereocenters. The minimum absolute atomic E-state index is 0.121. The number of hydrogen-bond acceptors (Lipinski definition) is 3. The summed E-state index contributed by atoms with van der Waals surface area (Å²) >= 11 is 0. The number of rotatable bonds is 4. The minimum Gasteiger partial charge on any atom is -0.355 e. The summed E-state index contributed by atoms with van der Waals surface area (Å²) in [5.41, 5.74) is 0. The van der Waals surface area contributed by atoms with Crippen molar-refractivity contribution in [1.82, 2.24) is 10.2 Å². The fourth-order valence-corrected chi connectivity index (χ4v) is 3.58. The Kier molecular flexibility index (Phi) is 2.92. The predicted octanol–water partition coefficient (Wildman–Crippen LogP) is 0.320. The second-order valence-electron chi connectivity index (χ2n) is 5.61. The Balaban J connectivity index is 1.70. The highest BCUT2D eigenvalue weighted by atomic mass is 16.2. The number of nitrogens with zero attached hydrogens (tertiary/aromatic N) is 1. The standard InChI is InChI=1S/C14H18N2O3/c1-2-5-15-10(17)7-16-13(18)11-8-3-4-9(6-8)12(11)14(16)19/h3-4,8-9,11-12H,2,5-7H2,1H3,(H,15,17)/t8-,9-,11-,12-/m0/s1. The van der Waals surface area contributed by atoms with Crippen LogP contribution in [0, 0.1) is 23.7 Å². The van der Waals surface area contributed by atoms with Crippen molar-refractivity contribution in [2.75, 3.05) is 13.1 Å². The van der Waals surface area contributed by atoms with Crippen LogP contribution in [0.2, 0.25) is 0 Å². The lowest BCUT2D eigenvalue weighted by molar-refractivity contribution is -0.144. The van der Waals surface area contributed by atoms with E-state index < -0.39 is 0 Å². The maximum Gasteiger partial charge on any atom is 0.240 e. The summed E-state index contributed by atoms with van der Waals surface area (Å²) in [6.07, 6.45) is 5.87. The lowest BCUT2D eigenvalue weighted by Crippen LogP contribution is -2.42. The Bertz CT molecular complexity index is 441. The highest BCUT2D eigenvalue weighted by Crippen LogP contribution is 2.52. The normalized spacial score (nSPS) is 35.1. The van der Waals surface area contributed by atoms with Gasteiger partial charge in [0.05, 0.1) is 11.8 Å². The van der Waals surface area contributed by atoms with Gasteiger partial charge in [-0.2, -0.15) is 0 Å². The molecule has 3 rings (SSSR count). The zero-order chi connectivity index (χ0) is 13.6. The highest BCUT2D eigenvalue weighted by molar-refractivity contribution is 6.08. The van der Waals surface area contributed by atoms with E-state index in [1.165, 1.54) is 0 Å². The summed E-state index contributed by atoms with van der Waals surface area (Å²) in [7, 11) is 0. The number of fused-ring (bicyclic) bond motifs is 5. The maximum atomic E-state index is 12.3. The quantitative estimate of drug-likeness (QED) is 0.586. The molecule has 1 saturated carbocycles. The van der Waals surface area contributed by atoms with Gasteiger partial charge in [0.2, 0.25) is 17.7 Å². The van der Waals surface area contributed by atoms with E-state index in [1.54, 1.807) is 0 Å². The van der Waals surface area contributed by atoms with Gasteiger partial charge < -0.3 is 5.32 Å². The van der Waals surface area contributed by atoms with Crippen LogP contribution in [-0.2, 0) is 14.4 Å². The maximum absolute atomic E-state index is 12.3. The smallest absolute Gasteiger partial charge is 0.240 e. The van der Waals surface area contributed by atoms with E-state index in [0.717, 1.165) is 17.7 Å². The molecule has 102 valence electrons. The molecule has 0 aromatic heterocycles. The van der Waals surface area contributed by atoms with Crippen LogP contribution in [0.3, 0.4) is 0 Å². The van der Waals surface area contributed by atoms with Crippen molar-refractivity contribution in [1.29, 1.82) is 0 Å². The molecule has 2 fully saturated rings. The molecule has 5 heteroatoms. The molecule has 1 saturated heterocycles. The van der Waals surface area contributed by atoms with Crippen LogP contribution in [0.1, 0.15) is 19.8 Å². The molecule has 1 aliphatic heterocycles. The van der Waals surface area contributed by atoms with Gasteiger partial charge in [-0.25, -0.2) is 0 Å². The number of nitrogens with one attached hydrogen (secondary N) is 1. The average Bonchev–Trinajstić information content (AvgIpc) is 3.06. The topological polar surface area (TPSA) is 66.5 Å². The first kappa shape index (κ1) is 12.4. The fraction of sp³-hybridized carbons (Fsp3) is 0.643. The van der Waals surface area contributed by atoms with Crippen molar-refractivity contribution in [3.8, 4) is 0 Å². The monoisotopic (exact) mass is 262 g/mol. The van der Waals surface area contributed by atoms with Crippen molar-refractivity contribution in [2.45, 2.75) is 19.8 Å². The lowest BCUT2D eigenvalue weighted by Gasteiger charge is -2.16. The van der Waals surface area contributed by atoms with Crippen LogP contribution in [0.4, 0.5) is 0 Å². The predicted molar refractivity (Wildman–Crippen MR) is 67.7 cm³/mol. The van der Waals surface area contributed by atoms with Gasteiger partial charge in [0.25, 0.3) is 0 Å². The van der Waals surface area contributed by atoms with E-state index in [9.17, 15) is 14.4 Å². The van der Waals surface area contributed by atoms with Crippen LogP contribution in [0.5, 0.6) is 0 Å². The molecule has 4 atom stereocenters. The first-order valence-corrected chi connectivity index (χ1v) is 6.93. The molecule has 2 aliphatic carbocycles. The van der Waals surface area contributed by atoms with Gasteiger partial charge in [-0.1, -0.05) is 19.1 Å². The Morgan fingerprint density at radius 3 is 2.37 bits per heavy atom. The van der Waals surface area contributed by atoms with Crippen LogP contribution >= 0.6 is 0 Å². The molecular formula is C14H18N2O3. The van der Waals surface area contributed by atoms with Crippen LogP contribution in [-0.4, -0.2) is 35.7 Å². The largest absolute Gasteiger partial charge is 0.355 e. The third-order valence-electron chi connectivity index (χ3n) is 4.44. The summed E-state index contributed by atoms with van der Waals surface area (Å²) in [5.74, 6) is -0.561. The third-order valence-corrected chi connectivity index (χ3v) is 4.44. The van der Waals surface area contributed by atoms with Gasteiger partial charge in [0.1, 0.15) is 6.54 Å². The number of carbonyl (C=O) groups excluding carboxylic acids is 3. The number of imide groups is 1. The van der Waals surface area contributed by atoms with Gasteiger partial charge in [0.15, 0.2) is 0 Å². The number of amides is 3. The summed E-state index contributed by atoms with van der Waals surface area (Å²) in [4.78, 5) is 37.4. The van der Waals surface area contributed by atoms with Gasteiger partial charge in [-0.3, -0.25) is 19.3 Å². The Morgan fingerprint density at radius 1 is 1.26 bits per heavy atom. The molecular weight excluding hydrogens is 244 g/mol. The lowest BCUT2D eigenvalue weighted by atomic mass is 9.85. The van der Waals surface area contributed by atoms with Crippen molar-refractivity contribution < 1.29 is 14.4 Å². The van der Waals surface area contributed by atoms with Crippen LogP contribution < -0.4 is 5.32 Å². The molecule has 2 bridgehead atoms. The minimum atomic E-state index is -0.246. The Labute approximate surface area is 112 Å². The zero-order valence-electron chi connectivity index (χ0n) is 11.0. The first-order chi connectivity index (χ1) is 9.13. The average molecular weight is 262 g/mol. The van der Waals surface area contributed by atoms with E-state index >= 15 is 0 Å². The van der Waals surface area contributed by atoms with Crippen LogP contribution in [0.25, 0.3) is 0 Å². The van der Waals surface area contributed by atoms with Gasteiger partial charge in [-0.15, -0.1) is 0 Å². The fourth-order valence-electron chi connectivity index (χ4n) is 3.58. The second kappa shape index (κ2) is 4.47. The number of hydrogen-bond donors (Lipinski definition) is 1. The number of allylic oxidation sites excluding steroid dienone is 2. The molecule has 0 spiro atoms. The third kappa shape index (κ3) is 1.79. The summed E-state index contributed by atoms with van der Waals surface area (Å²) in [5, 5.41) is 2.70. The molecule has 0 aromatic carbocycles. The second-order valence-corrected chi connectivity index (χ2v) is 5.61. The summed E-state index contributed by atoms with van der Waals surface area (Å²) < 4.78 is 0. The van der Waals surface area contributed by atoms with E-state index in [0.29, 0.717) is 6.54 Å². The highest BCUT2D eigenvalue weighted by Gasteiger charge is 2.59. The Morgan fingerprint density at radius 2 is 1.84 bits per heavy atom. The number of carbonyl (C=O) groups is 3. The molecule has 3 amide bonds. The van der Waals surface area contributed by atoms with Crippen molar-refractivity contribution in [3.63, 3.8) is 0 Å².